The third kappa shape index (κ3) is 4.75. The second kappa shape index (κ2) is 6.69. The highest BCUT2D eigenvalue weighted by molar-refractivity contribution is 5.86. The Kier molecular flexibility index (Phi) is 5.23. The van der Waals surface area contributed by atoms with E-state index in [1.165, 1.54) is 16.7 Å². The molecule has 0 aliphatic heterocycles. The number of hydrogen-bond donors (Lipinski definition) is 3. The molecule has 3 N–H and O–H groups in total. The number of rotatable bonds is 6. The fourth-order valence-electron chi connectivity index (χ4n) is 1.90. The van der Waals surface area contributed by atoms with Crippen LogP contribution in [-0.2, 0) is 20.9 Å². The molecule has 0 bridgehead atoms. The Bertz CT molecular complexity index is 608. The van der Waals surface area contributed by atoms with E-state index in [0.29, 0.717) is 11.4 Å². The van der Waals surface area contributed by atoms with E-state index in [1.54, 1.807) is 13.8 Å². The van der Waals surface area contributed by atoms with Gasteiger partial charge in [-0.3, -0.25) is 14.4 Å². The quantitative estimate of drug-likeness (QED) is 0.650. The largest absolute Gasteiger partial charge is 0.481 e. The van der Waals surface area contributed by atoms with Crippen LogP contribution in [0.2, 0.25) is 0 Å². The van der Waals surface area contributed by atoms with E-state index in [-0.39, 0.29) is 12.0 Å². The van der Waals surface area contributed by atoms with Crippen molar-refractivity contribution >= 4 is 17.8 Å². The monoisotopic (exact) mass is 296 g/mol. The van der Waals surface area contributed by atoms with Crippen LogP contribution in [0, 0.1) is 13.8 Å². The Morgan fingerprint density at radius 3 is 2.14 bits per heavy atom. The summed E-state index contributed by atoms with van der Waals surface area (Å²) < 4.78 is 1.54. The number of nitrogens with zero attached hydrogens (tertiary/aromatic N) is 1. The van der Waals surface area contributed by atoms with E-state index in [0.717, 1.165) is 0 Å². The van der Waals surface area contributed by atoms with Crippen LogP contribution < -0.4 is 10.7 Å². The van der Waals surface area contributed by atoms with Gasteiger partial charge < -0.3 is 20.1 Å². The average molecular weight is 296 g/mol. The van der Waals surface area contributed by atoms with Crippen molar-refractivity contribution in [2.24, 2.45) is 0 Å². The van der Waals surface area contributed by atoms with Crippen LogP contribution >= 0.6 is 0 Å². The lowest BCUT2D eigenvalue weighted by atomic mass is 10.2. The number of hydrogen-bond acceptors (Lipinski definition) is 4. The summed E-state index contributed by atoms with van der Waals surface area (Å²) in [4.78, 5) is 44.5. The summed E-state index contributed by atoms with van der Waals surface area (Å²) in [6.45, 7) is 3.10. The first kappa shape index (κ1) is 16.4. The lowest BCUT2D eigenvalue weighted by Gasteiger charge is -2.16. The van der Waals surface area contributed by atoms with Gasteiger partial charge in [0, 0.05) is 23.5 Å². The first-order chi connectivity index (χ1) is 9.70. The number of carbonyl (C=O) groups excluding carboxylic acids is 1. The standard InChI is InChI=1S/C13H16N2O6/c1-7-3-9(16)4-8(2)15(7)6-11(17)14-10(13(20)21)5-12(18)19/h3-4,10H,5-6H2,1-2H3,(H,14,17)(H,18,19)(H,20,21). The van der Waals surface area contributed by atoms with Gasteiger partial charge in [0.15, 0.2) is 5.43 Å². The molecular weight excluding hydrogens is 280 g/mol. The SMILES string of the molecule is Cc1cc(=O)cc(C)n1CC(=O)NC(CC(=O)O)C(=O)O. The molecule has 1 heterocycles. The molecule has 1 unspecified atom stereocenters. The van der Waals surface area contributed by atoms with Gasteiger partial charge >= 0.3 is 11.9 Å². The maximum Gasteiger partial charge on any atom is 0.326 e. The molecule has 0 aliphatic rings. The van der Waals surface area contributed by atoms with E-state index < -0.39 is 30.3 Å². The second-order valence-electron chi connectivity index (χ2n) is 4.62. The number of aliphatic carboxylic acids is 2. The van der Waals surface area contributed by atoms with Gasteiger partial charge in [-0.1, -0.05) is 0 Å². The second-order valence-corrected chi connectivity index (χ2v) is 4.62. The van der Waals surface area contributed by atoms with Crippen molar-refractivity contribution in [1.29, 1.82) is 0 Å². The van der Waals surface area contributed by atoms with Crippen LogP contribution in [0.15, 0.2) is 16.9 Å². The van der Waals surface area contributed by atoms with Gasteiger partial charge in [-0.05, 0) is 13.8 Å². The van der Waals surface area contributed by atoms with Gasteiger partial charge in [0.2, 0.25) is 5.91 Å². The summed E-state index contributed by atoms with van der Waals surface area (Å²) in [5, 5.41) is 19.6. The van der Waals surface area contributed by atoms with E-state index in [9.17, 15) is 19.2 Å². The molecule has 0 saturated carbocycles. The number of nitrogens with one attached hydrogen (secondary N) is 1. The Morgan fingerprint density at radius 1 is 1.19 bits per heavy atom. The highest BCUT2D eigenvalue weighted by Crippen LogP contribution is 2.02. The molecule has 1 atom stereocenters. The number of carboxylic acid groups (broad SMARTS) is 2. The van der Waals surface area contributed by atoms with Crippen molar-refractivity contribution in [3.8, 4) is 0 Å². The molecule has 21 heavy (non-hydrogen) atoms. The van der Waals surface area contributed by atoms with Gasteiger partial charge in [0.25, 0.3) is 0 Å². The summed E-state index contributed by atoms with van der Waals surface area (Å²) >= 11 is 0. The molecule has 1 aromatic heterocycles. The normalized spacial score (nSPS) is 11.7. The Labute approximate surface area is 120 Å². The molecule has 0 radical (unpaired) electrons. The molecule has 0 fully saturated rings. The topological polar surface area (TPSA) is 126 Å². The van der Waals surface area contributed by atoms with Crippen LogP contribution in [-0.4, -0.2) is 38.7 Å². The van der Waals surface area contributed by atoms with Crippen LogP contribution in [0.25, 0.3) is 0 Å². The van der Waals surface area contributed by atoms with E-state index >= 15 is 0 Å². The lowest BCUT2D eigenvalue weighted by Crippen LogP contribution is -2.43. The number of aromatic nitrogens is 1. The molecule has 0 aromatic carbocycles. The molecule has 8 heteroatoms. The van der Waals surface area contributed by atoms with E-state index in [1.807, 2.05) is 0 Å². The highest BCUT2D eigenvalue weighted by Gasteiger charge is 2.23. The minimum atomic E-state index is -1.49. The third-order valence-corrected chi connectivity index (χ3v) is 2.87. The van der Waals surface area contributed by atoms with Crippen LogP contribution in [0.4, 0.5) is 0 Å². The maximum atomic E-state index is 11.8. The summed E-state index contributed by atoms with van der Waals surface area (Å²) in [6.07, 6.45) is -0.705. The van der Waals surface area contributed by atoms with Gasteiger partial charge in [0.1, 0.15) is 12.6 Å². The van der Waals surface area contributed by atoms with E-state index in [4.69, 9.17) is 10.2 Å². The predicted molar refractivity (Wildman–Crippen MR) is 72.0 cm³/mol. The van der Waals surface area contributed by atoms with Crippen molar-refractivity contribution in [2.75, 3.05) is 0 Å². The molecule has 1 aromatic rings. The van der Waals surface area contributed by atoms with E-state index in [2.05, 4.69) is 5.32 Å². The lowest BCUT2D eigenvalue weighted by molar-refractivity contribution is -0.147. The molecule has 114 valence electrons. The van der Waals surface area contributed by atoms with Gasteiger partial charge in [-0.25, -0.2) is 4.79 Å². The van der Waals surface area contributed by atoms with Gasteiger partial charge in [-0.2, -0.15) is 0 Å². The Hall–Kier alpha value is -2.64. The van der Waals surface area contributed by atoms with Gasteiger partial charge in [-0.15, -0.1) is 0 Å². The summed E-state index contributed by atoms with van der Waals surface area (Å²) in [5.74, 6) is -3.38. The third-order valence-electron chi connectivity index (χ3n) is 2.87. The average Bonchev–Trinajstić information content (AvgIpc) is 2.32. The van der Waals surface area contributed by atoms with Crippen molar-refractivity contribution in [2.45, 2.75) is 32.9 Å². The van der Waals surface area contributed by atoms with Crippen LogP contribution in [0.5, 0.6) is 0 Å². The number of carboxylic acids is 2. The van der Waals surface area contributed by atoms with Crippen LogP contribution in [0.1, 0.15) is 17.8 Å². The zero-order chi connectivity index (χ0) is 16.2. The number of carbonyl (C=O) groups is 3. The van der Waals surface area contributed by atoms with Gasteiger partial charge in [0.05, 0.1) is 6.42 Å². The predicted octanol–water partition coefficient (Wildman–Crippen LogP) is -0.491. The zero-order valence-corrected chi connectivity index (χ0v) is 11.6. The fourth-order valence-corrected chi connectivity index (χ4v) is 1.90. The number of aryl methyl sites for hydroxylation is 2. The van der Waals surface area contributed by atoms with Crippen molar-refractivity contribution < 1.29 is 24.6 Å². The Morgan fingerprint density at radius 2 is 1.71 bits per heavy atom. The molecule has 0 saturated heterocycles. The minimum absolute atomic E-state index is 0.184. The zero-order valence-electron chi connectivity index (χ0n) is 11.6. The minimum Gasteiger partial charge on any atom is -0.481 e. The fraction of sp³-hybridized carbons (Fsp3) is 0.385. The Balaban J connectivity index is 2.84. The summed E-state index contributed by atoms with van der Waals surface area (Å²) in [6, 6.07) is 1.22. The first-order valence-electron chi connectivity index (χ1n) is 6.12. The number of pyridine rings is 1. The van der Waals surface area contributed by atoms with Crippen LogP contribution in [0.3, 0.4) is 0 Å². The molecule has 8 nitrogen and oxygen atoms in total. The number of amides is 1. The molecular formula is C13H16N2O6. The molecule has 1 rings (SSSR count). The summed E-state index contributed by atoms with van der Waals surface area (Å²) in [5.41, 5.74) is 0.927. The molecule has 1 amide bonds. The van der Waals surface area contributed by atoms with Crippen molar-refractivity contribution in [1.82, 2.24) is 9.88 Å². The summed E-state index contributed by atoms with van der Waals surface area (Å²) in [7, 11) is 0. The maximum absolute atomic E-state index is 11.8. The van der Waals surface area contributed by atoms with Crippen molar-refractivity contribution in [3.05, 3.63) is 33.7 Å². The molecule has 0 spiro atoms. The first-order valence-corrected chi connectivity index (χ1v) is 6.12. The van der Waals surface area contributed by atoms with Crippen molar-refractivity contribution in [3.63, 3.8) is 0 Å². The molecule has 0 aliphatic carbocycles. The smallest absolute Gasteiger partial charge is 0.326 e. The highest BCUT2D eigenvalue weighted by atomic mass is 16.4.